The minimum Gasteiger partial charge on any atom is -0.323 e. The highest BCUT2D eigenvalue weighted by atomic mass is 32.2. The second kappa shape index (κ2) is 8.66. The molecule has 140 valence electrons. The van der Waals surface area contributed by atoms with Crippen molar-refractivity contribution in [3.8, 4) is 0 Å². The Morgan fingerprint density at radius 2 is 1.88 bits per heavy atom. The molecule has 1 heterocycles. The molecule has 0 aliphatic heterocycles. The Labute approximate surface area is 166 Å². The highest BCUT2D eigenvalue weighted by Crippen LogP contribution is 2.44. The normalized spacial score (nSPS) is 14.7. The molecule has 1 aliphatic rings. The lowest BCUT2D eigenvalue weighted by molar-refractivity contribution is 0.419. The van der Waals surface area contributed by atoms with Crippen molar-refractivity contribution in [1.29, 1.82) is 0 Å². The first-order valence-electron chi connectivity index (χ1n) is 9.46. The number of hydrogen-bond acceptors (Lipinski definition) is 5. The summed E-state index contributed by atoms with van der Waals surface area (Å²) in [5.41, 5.74) is 2.79. The number of hydrogen-bond donors (Lipinski definition) is 0. The van der Waals surface area contributed by atoms with Gasteiger partial charge in [-0.15, -0.1) is 11.8 Å². The van der Waals surface area contributed by atoms with Gasteiger partial charge in [0.15, 0.2) is 5.16 Å². The van der Waals surface area contributed by atoms with Gasteiger partial charge in [-0.1, -0.05) is 32.0 Å². The van der Waals surface area contributed by atoms with E-state index >= 15 is 0 Å². The molecular weight excluding hydrogens is 358 g/mol. The molecule has 3 rings (SSSR count). The van der Waals surface area contributed by atoms with E-state index in [1.165, 1.54) is 35.4 Å². The zero-order chi connectivity index (χ0) is 18.7. The summed E-state index contributed by atoms with van der Waals surface area (Å²) in [4.78, 5) is 12.9. The molecule has 0 bridgehead atoms. The summed E-state index contributed by atoms with van der Waals surface area (Å²) >= 11 is 3.54. The van der Waals surface area contributed by atoms with Crippen molar-refractivity contribution in [2.45, 2.75) is 74.2 Å². The average Bonchev–Trinajstić information content (AvgIpc) is 2.55. The lowest BCUT2D eigenvalue weighted by atomic mass is 9.79. The van der Waals surface area contributed by atoms with Gasteiger partial charge in [-0.3, -0.25) is 0 Å². The van der Waals surface area contributed by atoms with Crippen LogP contribution in [0.5, 0.6) is 0 Å². The summed E-state index contributed by atoms with van der Waals surface area (Å²) < 4.78 is 0. The van der Waals surface area contributed by atoms with E-state index in [4.69, 9.17) is 4.98 Å². The molecule has 3 nitrogen and oxygen atoms in total. The van der Waals surface area contributed by atoms with E-state index in [9.17, 15) is 0 Å². The standard InChI is InChI=1S/C21H29N3S2/c1-14(2)24(20-11-12-22-21(23-20)25-5)19-10-9-17(26-15(3)4)13-18(19)16-7-6-8-16/h9-16H,6-8H2,1-5H3. The minimum atomic E-state index is 0.335. The smallest absolute Gasteiger partial charge is 0.189 e. The van der Waals surface area contributed by atoms with E-state index in [0.29, 0.717) is 17.2 Å². The van der Waals surface area contributed by atoms with E-state index in [0.717, 1.165) is 11.0 Å². The number of benzene rings is 1. The Bertz CT molecular complexity index is 742. The Morgan fingerprint density at radius 1 is 1.12 bits per heavy atom. The molecule has 0 saturated heterocycles. The quantitative estimate of drug-likeness (QED) is 0.399. The monoisotopic (exact) mass is 387 g/mol. The van der Waals surface area contributed by atoms with Crippen LogP contribution < -0.4 is 4.90 Å². The van der Waals surface area contributed by atoms with E-state index in [2.05, 4.69) is 55.8 Å². The van der Waals surface area contributed by atoms with Gasteiger partial charge in [-0.2, -0.15) is 0 Å². The summed E-state index contributed by atoms with van der Waals surface area (Å²) in [6, 6.07) is 9.37. The van der Waals surface area contributed by atoms with Crippen molar-refractivity contribution in [3.63, 3.8) is 0 Å². The van der Waals surface area contributed by atoms with Crippen LogP contribution in [0.3, 0.4) is 0 Å². The van der Waals surface area contributed by atoms with Crippen LogP contribution in [0.4, 0.5) is 11.5 Å². The highest BCUT2D eigenvalue weighted by Gasteiger charge is 2.27. The van der Waals surface area contributed by atoms with Crippen LogP contribution in [0, 0.1) is 0 Å². The SMILES string of the molecule is CSc1nccc(N(c2ccc(SC(C)C)cc2C2CCC2)C(C)C)n1. The van der Waals surface area contributed by atoms with Gasteiger partial charge in [-0.05, 0) is 68.7 Å². The minimum absolute atomic E-state index is 0.335. The Hall–Kier alpha value is -1.20. The van der Waals surface area contributed by atoms with Crippen LogP contribution in [0.15, 0.2) is 40.5 Å². The van der Waals surface area contributed by atoms with Crippen LogP contribution in [0.1, 0.15) is 58.4 Å². The number of rotatable bonds is 7. The van der Waals surface area contributed by atoms with Gasteiger partial charge in [0.05, 0.1) is 0 Å². The van der Waals surface area contributed by atoms with Gasteiger partial charge in [0, 0.05) is 28.1 Å². The fourth-order valence-electron chi connectivity index (χ4n) is 3.37. The van der Waals surface area contributed by atoms with E-state index in [-0.39, 0.29) is 0 Å². The van der Waals surface area contributed by atoms with Gasteiger partial charge in [-0.25, -0.2) is 9.97 Å². The lowest BCUT2D eigenvalue weighted by Crippen LogP contribution is -2.28. The Balaban J connectivity index is 2.05. The second-order valence-corrected chi connectivity index (χ2v) is 9.80. The zero-order valence-electron chi connectivity index (χ0n) is 16.4. The molecule has 1 fully saturated rings. The largest absolute Gasteiger partial charge is 0.323 e. The van der Waals surface area contributed by atoms with Gasteiger partial charge in [0.1, 0.15) is 5.82 Å². The zero-order valence-corrected chi connectivity index (χ0v) is 18.0. The fraction of sp³-hybridized carbons (Fsp3) is 0.524. The molecule has 0 atom stereocenters. The van der Waals surface area contributed by atoms with Gasteiger partial charge in [0.2, 0.25) is 0 Å². The molecule has 1 saturated carbocycles. The third-order valence-corrected chi connectivity index (χ3v) is 6.30. The molecular formula is C21H29N3S2. The van der Waals surface area contributed by atoms with E-state index in [1.54, 1.807) is 11.8 Å². The van der Waals surface area contributed by atoms with Crippen molar-refractivity contribution in [1.82, 2.24) is 9.97 Å². The predicted octanol–water partition coefficient (Wildman–Crippen LogP) is 6.51. The van der Waals surface area contributed by atoms with Crippen LogP contribution in [0.25, 0.3) is 0 Å². The van der Waals surface area contributed by atoms with E-state index < -0.39 is 0 Å². The topological polar surface area (TPSA) is 29.0 Å². The second-order valence-electron chi connectivity index (χ2n) is 7.38. The number of aromatic nitrogens is 2. The molecule has 2 aromatic rings. The number of anilines is 2. The molecule has 0 amide bonds. The lowest BCUT2D eigenvalue weighted by Gasteiger charge is -2.35. The first-order chi connectivity index (χ1) is 12.5. The molecule has 0 unspecified atom stereocenters. The maximum Gasteiger partial charge on any atom is 0.189 e. The van der Waals surface area contributed by atoms with Crippen LogP contribution in [-0.2, 0) is 0 Å². The van der Waals surface area contributed by atoms with Crippen LogP contribution >= 0.6 is 23.5 Å². The number of thioether (sulfide) groups is 2. The highest BCUT2D eigenvalue weighted by molar-refractivity contribution is 7.99. The number of nitrogens with zero attached hydrogens (tertiary/aromatic N) is 3. The molecule has 1 aromatic carbocycles. The summed E-state index contributed by atoms with van der Waals surface area (Å²) in [7, 11) is 0. The van der Waals surface area contributed by atoms with Crippen LogP contribution in [-0.4, -0.2) is 27.5 Å². The maximum absolute atomic E-state index is 4.78. The molecule has 5 heteroatoms. The molecule has 1 aliphatic carbocycles. The van der Waals surface area contributed by atoms with Crippen molar-refractivity contribution < 1.29 is 0 Å². The summed E-state index contributed by atoms with van der Waals surface area (Å²) in [5.74, 6) is 1.67. The molecule has 0 radical (unpaired) electrons. The summed E-state index contributed by atoms with van der Waals surface area (Å²) in [6.07, 6.45) is 7.84. The molecule has 1 aromatic heterocycles. The van der Waals surface area contributed by atoms with Gasteiger partial charge < -0.3 is 4.90 Å². The average molecular weight is 388 g/mol. The maximum atomic E-state index is 4.78. The Morgan fingerprint density at radius 3 is 2.46 bits per heavy atom. The van der Waals surface area contributed by atoms with E-state index in [1.807, 2.05) is 30.3 Å². The van der Waals surface area contributed by atoms with Gasteiger partial charge >= 0.3 is 0 Å². The Kier molecular flexibility index (Phi) is 6.51. The first-order valence-corrected chi connectivity index (χ1v) is 11.6. The summed E-state index contributed by atoms with van der Waals surface area (Å²) in [5, 5.41) is 1.42. The predicted molar refractivity (Wildman–Crippen MR) is 115 cm³/mol. The van der Waals surface area contributed by atoms with Gasteiger partial charge in [0.25, 0.3) is 0 Å². The molecule has 0 N–H and O–H groups in total. The van der Waals surface area contributed by atoms with Crippen LogP contribution in [0.2, 0.25) is 0 Å². The molecule has 26 heavy (non-hydrogen) atoms. The fourth-order valence-corrected chi connectivity index (χ4v) is 4.61. The summed E-state index contributed by atoms with van der Waals surface area (Å²) in [6.45, 7) is 8.99. The first kappa shape index (κ1) is 19.6. The molecule has 0 spiro atoms. The van der Waals surface area contributed by atoms with Crippen molar-refractivity contribution >= 4 is 35.0 Å². The van der Waals surface area contributed by atoms with Crippen molar-refractivity contribution in [2.75, 3.05) is 11.2 Å². The van der Waals surface area contributed by atoms with Crippen molar-refractivity contribution in [2.24, 2.45) is 0 Å². The third kappa shape index (κ3) is 4.37. The van der Waals surface area contributed by atoms with Crippen molar-refractivity contribution in [3.05, 3.63) is 36.0 Å². The third-order valence-electron chi connectivity index (χ3n) is 4.74.